The van der Waals surface area contributed by atoms with Crippen LogP contribution in [0, 0.1) is 0 Å². The van der Waals surface area contributed by atoms with E-state index in [-0.39, 0.29) is 5.75 Å². The highest BCUT2D eigenvalue weighted by atomic mass is 16.5. The lowest BCUT2D eigenvalue weighted by Gasteiger charge is -2.16. The molecule has 1 rings (SSSR count). The number of hydrogen-bond donors (Lipinski definition) is 2. The average Bonchev–Trinajstić information content (AvgIpc) is 2.30. The normalized spacial score (nSPS) is 12.0. The van der Waals surface area contributed by atoms with Crippen molar-refractivity contribution in [3.05, 3.63) is 12.1 Å². The van der Waals surface area contributed by atoms with Gasteiger partial charge in [0.05, 0.1) is 14.2 Å². The van der Waals surface area contributed by atoms with Crippen molar-refractivity contribution in [1.29, 1.82) is 0 Å². The van der Waals surface area contributed by atoms with Crippen LogP contribution in [0.15, 0.2) is 12.1 Å². The topological polar surface area (TPSA) is 50.7 Å². The molecule has 0 saturated heterocycles. The molecule has 0 aliphatic rings. The third kappa shape index (κ3) is 2.72. The van der Waals surface area contributed by atoms with Crippen molar-refractivity contribution in [2.45, 2.75) is 26.3 Å². The van der Waals surface area contributed by atoms with Crippen LogP contribution in [-0.4, -0.2) is 25.4 Å². The van der Waals surface area contributed by atoms with Crippen LogP contribution in [-0.2, 0) is 0 Å². The van der Waals surface area contributed by atoms with Crippen LogP contribution in [0.5, 0.6) is 17.2 Å². The lowest BCUT2D eigenvalue weighted by atomic mass is 10.2. The summed E-state index contributed by atoms with van der Waals surface area (Å²) in [6.07, 6.45) is 1.02. The summed E-state index contributed by atoms with van der Waals surface area (Å²) < 4.78 is 10.1. The Morgan fingerprint density at radius 2 is 1.75 bits per heavy atom. The molecule has 0 saturated carbocycles. The number of nitrogens with one attached hydrogen (secondary N) is 1. The fourth-order valence-corrected chi connectivity index (χ4v) is 1.36. The van der Waals surface area contributed by atoms with Gasteiger partial charge < -0.3 is 19.9 Å². The molecule has 0 aliphatic carbocycles. The summed E-state index contributed by atoms with van der Waals surface area (Å²) in [6, 6.07) is 3.87. The maximum atomic E-state index is 9.73. The van der Waals surface area contributed by atoms with Gasteiger partial charge in [0.15, 0.2) is 11.5 Å². The van der Waals surface area contributed by atoms with E-state index in [0.29, 0.717) is 17.5 Å². The molecule has 2 N–H and O–H groups in total. The number of hydrogen-bond acceptors (Lipinski definition) is 4. The molecule has 0 amide bonds. The van der Waals surface area contributed by atoms with E-state index in [1.807, 2.05) is 0 Å². The highest BCUT2D eigenvalue weighted by Crippen LogP contribution is 2.39. The second-order valence-electron chi connectivity index (χ2n) is 3.68. The number of anilines is 1. The summed E-state index contributed by atoms with van der Waals surface area (Å²) in [7, 11) is 3.03. The summed E-state index contributed by atoms with van der Waals surface area (Å²) in [5.41, 5.74) is 0.876. The number of methoxy groups -OCH3 is 2. The van der Waals surface area contributed by atoms with Crippen molar-refractivity contribution < 1.29 is 14.6 Å². The first kappa shape index (κ1) is 12.5. The van der Waals surface area contributed by atoms with Crippen molar-refractivity contribution in [3.8, 4) is 17.2 Å². The van der Waals surface area contributed by atoms with Gasteiger partial charge in [0, 0.05) is 23.9 Å². The molecular formula is C12H19NO3. The van der Waals surface area contributed by atoms with E-state index < -0.39 is 0 Å². The maximum Gasteiger partial charge on any atom is 0.200 e. The molecule has 0 spiro atoms. The lowest BCUT2D eigenvalue weighted by Crippen LogP contribution is -2.13. The van der Waals surface area contributed by atoms with Gasteiger partial charge in [-0.1, -0.05) is 6.92 Å². The molecule has 4 nitrogen and oxygen atoms in total. The molecule has 0 bridgehead atoms. The van der Waals surface area contributed by atoms with Gasteiger partial charge >= 0.3 is 0 Å². The van der Waals surface area contributed by atoms with Crippen LogP contribution in [0.25, 0.3) is 0 Å². The Kier molecular flexibility index (Phi) is 4.28. The maximum absolute atomic E-state index is 9.73. The Morgan fingerprint density at radius 1 is 1.25 bits per heavy atom. The molecule has 4 heteroatoms. The van der Waals surface area contributed by atoms with Crippen LogP contribution < -0.4 is 14.8 Å². The first-order valence-electron chi connectivity index (χ1n) is 5.33. The number of benzene rings is 1. The Balaban J connectivity index is 3.02. The predicted octanol–water partition coefficient (Wildman–Crippen LogP) is 2.62. The monoisotopic (exact) mass is 225 g/mol. The van der Waals surface area contributed by atoms with Gasteiger partial charge in [-0.05, 0) is 13.3 Å². The highest BCUT2D eigenvalue weighted by Gasteiger charge is 2.11. The summed E-state index contributed by atoms with van der Waals surface area (Å²) in [5.74, 6) is 0.843. The zero-order chi connectivity index (χ0) is 12.1. The second kappa shape index (κ2) is 5.49. The Bertz CT molecular complexity index is 327. The third-order valence-corrected chi connectivity index (χ3v) is 2.51. The zero-order valence-corrected chi connectivity index (χ0v) is 10.2. The quantitative estimate of drug-likeness (QED) is 0.756. The number of phenolic OH excluding ortho intramolecular Hbond substituents is 1. The summed E-state index contributed by atoms with van der Waals surface area (Å²) in [5, 5.41) is 13.0. The first-order valence-corrected chi connectivity index (χ1v) is 5.33. The van der Waals surface area contributed by atoms with Gasteiger partial charge in [-0.3, -0.25) is 0 Å². The predicted molar refractivity (Wildman–Crippen MR) is 64.6 cm³/mol. The van der Waals surface area contributed by atoms with E-state index in [1.54, 1.807) is 12.1 Å². The zero-order valence-electron chi connectivity index (χ0n) is 10.2. The molecule has 0 radical (unpaired) electrons. The SMILES string of the molecule is CCC(C)Nc1cc(OC)c(O)c(OC)c1. The minimum Gasteiger partial charge on any atom is -0.502 e. The van der Waals surface area contributed by atoms with Crippen molar-refractivity contribution in [2.75, 3.05) is 19.5 Å². The average molecular weight is 225 g/mol. The molecule has 16 heavy (non-hydrogen) atoms. The Morgan fingerprint density at radius 3 is 2.12 bits per heavy atom. The molecule has 1 atom stereocenters. The van der Waals surface area contributed by atoms with Crippen molar-refractivity contribution >= 4 is 5.69 Å². The molecule has 1 unspecified atom stereocenters. The van der Waals surface area contributed by atoms with Gasteiger partial charge in [0.1, 0.15) is 0 Å². The number of phenols is 1. The van der Waals surface area contributed by atoms with Gasteiger partial charge in [-0.2, -0.15) is 0 Å². The molecule has 0 fully saturated rings. The van der Waals surface area contributed by atoms with Crippen LogP contribution in [0.2, 0.25) is 0 Å². The summed E-state index contributed by atoms with van der Waals surface area (Å²) in [6.45, 7) is 4.19. The van der Waals surface area contributed by atoms with Gasteiger partial charge in [0.25, 0.3) is 0 Å². The van der Waals surface area contributed by atoms with E-state index in [0.717, 1.165) is 12.1 Å². The molecule has 1 aromatic carbocycles. The molecule has 0 heterocycles. The van der Waals surface area contributed by atoms with Crippen LogP contribution in [0.1, 0.15) is 20.3 Å². The molecule has 0 aromatic heterocycles. The van der Waals surface area contributed by atoms with E-state index in [1.165, 1.54) is 14.2 Å². The largest absolute Gasteiger partial charge is 0.502 e. The van der Waals surface area contributed by atoms with Crippen LogP contribution in [0.4, 0.5) is 5.69 Å². The Hall–Kier alpha value is -1.58. The number of rotatable bonds is 5. The fourth-order valence-electron chi connectivity index (χ4n) is 1.36. The molecular weight excluding hydrogens is 206 g/mol. The molecule has 90 valence electrons. The van der Waals surface area contributed by atoms with E-state index in [2.05, 4.69) is 19.2 Å². The summed E-state index contributed by atoms with van der Waals surface area (Å²) >= 11 is 0. The third-order valence-electron chi connectivity index (χ3n) is 2.51. The highest BCUT2D eigenvalue weighted by molar-refractivity contribution is 5.62. The van der Waals surface area contributed by atoms with E-state index in [9.17, 15) is 5.11 Å². The Labute approximate surface area is 96.2 Å². The number of aromatic hydroxyl groups is 1. The smallest absolute Gasteiger partial charge is 0.200 e. The van der Waals surface area contributed by atoms with Crippen LogP contribution >= 0.6 is 0 Å². The van der Waals surface area contributed by atoms with E-state index in [4.69, 9.17) is 9.47 Å². The van der Waals surface area contributed by atoms with Gasteiger partial charge in [-0.25, -0.2) is 0 Å². The minimum absolute atomic E-state index is 0.0275. The molecule has 0 aliphatic heterocycles. The fraction of sp³-hybridized carbons (Fsp3) is 0.500. The standard InChI is InChI=1S/C12H19NO3/c1-5-8(2)13-9-6-10(15-3)12(14)11(7-9)16-4/h6-8,13-14H,5H2,1-4H3. The number of ether oxygens (including phenoxy) is 2. The van der Waals surface area contributed by atoms with E-state index >= 15 is 0 Å². The first-order chi connectivity index (χ1) is 7.62. The van der Waals surface area contributed by atoms with Crippen molar-refractivity contribution in [3.63, 3.8) is 0 Å². The van der Waals surface area contributed by atoms with Crippen molar-refractivity contribution in [2.24, 2.45) is 0 Å². The van der Waals surface area contributed by atoms with Gasteiger partial charge in [-0.15, -0.1) is 0 Å². The van der Waals surface area contributed by atoms with Crippen LogP contribution in [0.3, 0.4) is 0 Å². The lowest BCUT2D eigenvalue weighted by molar-refractivity contribution is 0.340. The van der Waals surface area contributed by atoms with Gasteiger partial charge in [0.2, 0.25) is 5.75 Å². The molecule has 1 aromatic rings. The van der Waals surface area contributed by atoms with Crippen molar-refractivity contribution in [1.82, 2.24) is 0 Å². The summed E-state index contributed by atoms with van der Waals surface area (Å²) in [4.78, 5) is 0. The minimum atomic E-state index is 0.0275. The second-order valence-corrected chi connectivity index (χ2v) is 3.68.